The predicted octanol–water partition coefficient (Wildman–Crippen LogP) is 1.94. The zero-order valence-corrected chi connectivity index (χ0v) is 12.5. The minimum atomic E-state index is -3.41. The van der Waals surface area contributed by atoms with Crippen molar-refractivity contribution in [3.8, 4) is 6.07 Å². The number of hydrogen-bond acceptors (Lipinski definition) is 5. The molecule has 0 aliphatic heterocycles. The molecule has 0 spiro atoms. The summed E-state index contributed by atoms with van der Waals surface area (Å²) in [5.41, 5.74) is 1.16. The Kier molecular flexibility index (Phi) is 4.49. The number of nitrogens with one attached hydrogen (secondary N) is 1. The normalized spacial score (nSPS) is 11.2. The molecule has 1 aromatic carbocycles. The number of benzene rings is 1. The van der Waals surface area contributed by atoms with Gasteiger partial charge in [0.2, 0.25) is 10.0 Å². The van der Waals surface area contributed by atoms with E-state index in [-0.39, 0.29) is 12.3 Å². The van der Waals surface area contributed by atoms with Crippen LogP contribution in [0.5, 0.6) is 0 Å². The van der Waals surface area contributed by atoms with Crippen molar-refractivity contribution in [3.63, 3.8) is 0 Å². The van der Waals surface area contributed by atoms with E-state index in [0.717, 1.165) is 9.88 Å². The van der Waals surface area contributed by atoms with Crippen LogP contribution in [-0.2, 0) is 22.3 Å². The SMILES string of the molecule is Cc1cnc(CNS(=O)(=O)Cc2ccc(C#N)cc2)s1. The molecule has 1 aromatic heterocycles. The Morgan fingerprint density at radius 3 is 2.60 bits per heavy atom. The van der Waals surface area contributed by atoms with Crippen molar-refractivity contribution >= 4 is 21.4 Å². The average molecular weight is 307 g/mol. The first kappa shape index (κ1) is 14.7. The minimum absolute atomic E-state index is 0.108. The largest absolute Gasteiger partial charge is 0.248 e. The van der Waals surface area contributed by atoms with Gasteiger partial charge in [-0.25, -0.2) is 18.1 Å². The van der Waals surface area contributed by atoms with Crippen LogP contribution in [0.4, 0.5) is 0 Å². The van der Waals surface area contributed by atoms with Crippen LogP contribution in [0.25, 0.3) is 0 Å². The third-order valence-corrected chi connectivity index (χ3v) is 4.76. The molecule has 0 saturated heterocycles. The summed E-state index contributed by atoms with van der Waals surface area (Å²) in [6, 6.07) is 8.49. The lowest BCUT2D eigenvalue weighted by atomic mass is 10.2. The first-order chi connectivity index (χ1) is 9.48. The summed E-state index contributed by atoms with van der Waals surface area (Å²) in [4.78, 5) is 5.15. The lowest BCUT2D eigenvalue weighted by Gasteiger charge is -2.05. The van der Waals surface area contributed by atoms with Crippen LogP contribution in [0, 0.1) is 18.3 Å². The molecule has 2 rings (SSSR count). The lowest BCUT2D eigenvalue weighted by Crippen LogP contribution is -2.24. The summed E-state index contributed by atoms with van der Waals surface area (Å²) < 4.78 is 26.4. The van der Waals surface area contributed by atoms with Crippen LogP contribution in [0.15, 0.2) is 30.5 Å². The molecule has 20 heavy (non-hydrogen) atoms. The first-order valence-corrected chi connectivity index (χ1v) is 8.33. The van der Waals surface area contributed by atoms with E-state index in [2.05, 4.69) is 9.71 Å². The number of aryl methyl sites for hydroxylation is 1. The molecule has 0 radical (unpaired) electrons. The second-order valence-electron chi connectivity index (χ2n) is 4.25. The van der Waals surface area contributed by atoms with Gasteiger partial charge in [-0.2, -0.15) is 5.26 Å². The zero-order chi connectivity index (χ0) is 14.6. The highest BCUT2D eigenvalue weighted by atomic mass is 32.2. The van der Waals surface area contributed by atoms with Crippen molar-refractivity contribution in [2.45, 2.75) is 19.2 Å². The van der Waals surface area contributed by atoms with Crippen molar-refractivity contribution in [3.05, 3.63) is 51.5 Å². The fourth-order valence-corrected chi connectivity index (χ4v) is 3.51. The number of nitrogens with zero attached hydrogens (tertiary/aromatic N) is 2. The van der Waals surface area contributed by atoms with Gasteiger partial charge in [-0.15, -0.1) is 11.3 Å². The molecule has 104 valence electrons. The van der Waals surface area contributed by atoms with Crippen LogP contribution < -0.4 is 4.72 Å². The number of hydrogen-bond donors (Lipinski definition) is 1. The Balaban J connectivity index is 1.98. The molecule has 7 heteroatoms. The molecule has 2 aromatic rings. The average Bonchev–Trinajstić information content (AvgIpc) is 2.83. The van der Waals surface area contributed by atoms with Crippen LogP contribution in [0.2, 0.25) is 0 Å². The topological polar surface area (TPSA) is 82.8 Å². The van der Waals surface area contributed by atoms with Gasteiger partial charge < -0.3 is 0 Å². The molecule has 1 N–H and O–H groups in total. The third kappa shape index (κ3) is 4.13. The van der Waals surface area contributed by atoms with Crippen molar-refractivity contribution in [1.82, 2.24) is 9.71 Å². The van der Waals surface area contributed by atoms with Crippen LogP contribution in [0.3, 0.4) is 0 Å². The molecule has 5 nitrogen and oxygen atoms in total. The summed E-state index contributed by atoms with van der Waals surface area (Å²) in [6.07, 6.45) is 1.72. The molecule has 0 aliphatic rings. The molecule has 0 atom stereocenters. The van der Waals surface area contributed by atoms with Crippen LogP contribution >= 0.6 is 11.3 Å². The number of rotatable bonds is 5. The smallest absolute Gasteiger partial charge is 0.216 e. The minimum Gasteiger partial charge on any atom is -0.248 e. The van der Waals surface area contributed by atoms with Gasteiger partial charge in [0.1, 0.15) is 5.01 Å². The van der Waals surface area contributed by atoms with E-state index in [1.165, 1.54) is 11.3 Å². The van der Waals surface area contributed by atoms with Crippen LogP contribution in [0.1, 0.15) is 21.0 Å². The number of aromatic nitrogens is 1. The summed E-state index contributed by atoms with van der Waals surface area (Å²) in [5, 5.41) is 9.43. The van der Waals surface area contributed by atoms with Gasteiger partial charge in [0.25, 0.3) is 0 Å². The second-order valence-corrected chi connectivity index (χ2v) is 7.38. The van der Waals surface area contributed by atoms with E-state index in [9.17, 15) is 8.42 Å². The van der Waals surface area contributed by atoms with Gasteiger partial charge in [0, 0.05) is 11.1 Å². The molecule has 0 amide bonds. The van der Waals surface area contributed by atoms with E-state index in [4.69, 9.17) is 5.26 Å². The van der Waals surface area contributed by atoms with E-state index in [1.54, 1.807) is 30.5 Å². The Morgan fingerprint density at radius 1 is 1.35 bits per heavy atom. The van der Waals surface area contributed by atoms with Gasteiger partial charge in [0.15, 0.2) is 0 Å². The number of nitriles is 1. The fourth-order valence-electron chi connectivity index (χ4n) is 1.60. The summed E-state index contributed by atoms with van der Waals surface area (Å²) in [7, 11) is -3.41. The molecule has 1 heterocycles. The fraction of sp³-hybridized carbons (Fsp3) is 0.231. The molecular formula is C13H13N3O2S2. The highest BCUT2D eigenvalue weighted by Gasteiger charge is 2.12. The van der Waals surface area contributed by atoms with Crippen molar-refractivity contribution in [2.75, 3.05) is 0 Å². The maximum Gasteiger partial charge on any atom is 0.216 e. The Morgan fingerprint density at radius 2 is 2.05 bits per heavy atom. The molecule has 0 unspecified atom stereocenters. The van der Waals surface area contributed by atoms with E-state index < -0.39 is 10.0 Å². The Labute approximate surface area is 122 Å². The zero-order valence-electron chi connectivity index (χ0n) is 10.8. The van der Waals surface area contributed by atoms with Gasteiger partial charge >= 0.3 is 0 Å². The first-order valence-electron chi connectivity index (χ1n) is 5.86. The summed E-state index contributed by atoms with van der Waals surface area (Å²) in [6.45, 7) is 2.13. The van der Waals surface area contributed by atoms with Gasteiger partial charge in [-0.05, 0) is 24.6 Å². The van der Waals surface area contributed by atoms with Gasteiger partial charge in [-0.3, -0.25) is 0 Å². The molecular weight excluding hydrogens is 294 g/mol. The monoisotopic (exact) mass is 307 g/mol. The molecule has 0 fully saturated rings. The Bertz CT molecular complexity index is 728. The van der Waals surface area contributed by atoms with E-state index in [1.807, 2.05) is 13.0 Å². The van der Waals surface area contributed by atoms with Crippen molar-refractivity contribution in [1.29, 1.82) is 5.26 Å². The summed E-state index contributed by atoms with van der Waals surface area (Å²) in [5.74, 6) is -0.108. The standard InChI is InChI=1S/C13H13N3O2S2/c1-10-7-15-13(19-10)8-16-20(17,18)9-12-4-2-11(6-14)3-5-12/h2-5,7,16H,8-9H2,1H3. The second kappa shape index (κ2) is 6.13. The summed E-state index contributed by atoms with van der Waals surface area (Å²) >= 11 is 1.47. The highest BCUT2D eigenvalue weighted by Crippen LogP contribution is 2.12. The van der Waals surface area contributed by atoms with Gasteiger partial charge in [-0.1, -0.05) is 12.1 Å². The molecule has 0 bridgehead atoms. The molecule has 0 saturated carbocycles. The quantitative estimate of drug-likeness (QED) is 0.915. The van der Waals surface area contributed by atoms with Crippen LogP contribution in [-0.4, -0.2) is 13.4 Å². The lowest BCUT2D eigenvalue weighted by molar-refractivity contribution is 0.580. The maximum atomic E-state index is 11.9. The third-order valence-electron chi connectivity index (χ3n) is 2.55. The van der Waals surface area contributed by atoms with Crippen molar-refractivity contribution < 1.29 is 8.42 Å². The number of thiazole rings is 1. The van der Waals surface area contributed by atoms with E-state index in [0.29, 0.717) is 11.1 Å². The molecule has 0 aliphatic carbocycles. The van der Waals surface area contributed by atoms with Gasteiger partial charge in [0.05, 0.1) is 23.9 Å². The predicted molar refractivity (Wildman–Crippen MR) is 77.5 cm³/mol. The number of sulfonamides is 1. The maximum absolute atomic E-state index is 11.9. The van der Waals surface area contributed by atoms with Crippen molar-refractivity contribution in [2.24, 2.45) is 0 Å². The Hall–Kier alpha value is -1.75. The van der Waals surface area contributed by atoms with E-state index >= 15 is 0 Å². The highest BCUT2D eigenvalue weighted by molar-refractivity contribution is 7.88.